The highest BCUT2D eigenvalue weighted by Gasteiger charge is 2.03. The Hall–Kier alpha value is -1.57. The van der Waals surface area contributed by atoms with E-state index in [1.54, 1.807) is 13.2 Å². The van der Waals surface area contributed by atoms with Crippen LogP contribution in [0, 0.1) is 0 Å². The fraction of sp³-hybridized carbons (Fsp3) is 0.286. The number of nitrogens with one attached hydrogen (secondary N) is 1. The van der Waals surface area contributed by atoms with Crippen molar-refractivity contribution in [3.63, 3.8) is 0 Å². The molecule has 3 N–H and O–H groups in total. The van der Waals surface area contributed by atoms with Crippen LogP contribution in [0.15, 0.2) is 47.7 Å². The van der Waals surface area contributed by atoms with Gasteiger partial charge in [-0.3, -0.25) is 4.99 Å². The van der Waals surface area contributed by atoms with Gasteiger partial charge in [0.15, 0.2) is 5.96 Å². The van der Waals surface area contributed by atoms with E-state index in [0.29, 0.717) is 12.5 Å². The van der Waals surface area contributed by atoms with Crippen LogP contribution in [0.25, 0.3) is 0 Å². The van der Waals surface area contributed by atoms with Gasteiger partial charge in [-0.2, -0.15) is 0 Å². The van der Waals surface area contributed by atoms with E-state index in [9.17, 15) is 0 Å². The molecule has 6 heteroatoms. The van der Waals surface area contributed by atoms with Crippen LogP contribution in [0.1, 0.15) is 11.4 Å². The first-order valence-corrected chi connectivity index (χ1v) is 6.29. The molecule has 0 spiro atoms. The molecule has 0 aliphatic carbocycles. The maximum Gasteiger partial charge on any atom is 0.188 e. The van der Waals surface area contributed by atoms with Crippen molar-refractivity contribution in [3.05, 3.63) is 54.1 Å². The predicted molar refractivity (Wildman–Crippen MR) is 92.2 cm³/mol. The van der Waals surface area contributed by atoms with Crippen molar-refractivity contribution in [2.75, 3.05) is 7.05 Å². The number of hydrogen-bond donors (Lipinski definition) is 2. The van der Waals surface area contributed by atoms with E-state index >= 15 is 0 Å². The second-order valence-corrected chi connectivity index (χ2v) is 4.23. The van der Waals surface area contributed by atoms with Crippen molar-refractivity contribution >= 4 is 29.9 Å². The van der Waals surface area contributed by atoms with Gasteiger partial charge in [0.25, 0.3) is 0 Å². The molecule has 1 heterocycles. The molecule has 0 atom stereocenters. The Bertz CT molecular complexity index is 536. The molecule has 5 nitrogen and oxygen atoms in total. The van der Waals surface area contributed by atoms with Gasteiger partial charge in [-0.25, -0.2) is 4.98 Å². The third kappa shape index (κ3) is 4.84. The second-order valence-electron chi connectivity index (χ2n) is 4.23. The summed E-state index contributed by atoms with van der Waals surface area (Å²) in [5, 5.41) is 3.02. The van der Waals surface area contributed by atoms with Crippen molar-refractivity contribution in [1.29, 1.82) is 0 Å². The summed E-state index contributed by atoms with van der Waals surface area (Å²) in [6, 6.07) is 10.4. The van der Waals surface area contributed by atoms with Gasteiger partial charge in [-0.05, 0) is 12.0 Å². The molecule has 1 aromatic carbocycles. The lowest BCUT2D eigenvalue weighted by Gasteiger charge is -2.09. The van der Waals surface area contributed by atoms with Crippen LogP contribution in [0.3, 0.4) is 0 Å². The SMILES string of the molecule is CN=C(N)NCc1nccn1CCc1ccccc1.I. The summed E-state index contributed by atoms with van der Waals surface area (Å²) in [6.45, 7) is 1.50. The number of hydrogen-bond acceptors (Lipinski definition) is 2. The number of benzene rings is 1. The zero-order valence-electron chi connectivity index (χ0n) is 11.5. The first-order valence-electron chi connectivity index (χ1n) is 6.29. The number of aliphatic imine (C=N–C) groups is 1. The number of guanidine groups is 1. The van der Waals surface area contributed by atoms with Crippen molar-refractivity contribution in [3.8, 4) is 0 Å². The minimum Gasteiger partial charge on any atom is -0.370 e. The minimum absolute atomic E-state index is 0. The second kappa shape index (κ2) is 8.57. The van der Waals surface area contributed by atoms with Crippen molar-refractivity contribution in [2.45, 2.75) is 19.5 Å². The lowest BCUT2D eigenvalue weighted by molar-refractivity contribution is 0.638. The fourth-order valence-corrected chi connectivity index (χ4v) is 1.85. The summed E-state index contributed by atoms with van der Waals surface area (Å²) < 4.78 is 2.13. The monoisotopic (exact) mass is 385 g/mol. The quantitative estimate of drug-likeness (QED) is 0.469. The van der Waals surface area contributed by atoms with Crippen molar-refractivity contribution in [1.82, 2.24) is 14.9 Å². The predicted octanol–water partition coefficient (Wildman–Crippen LogP) is 1.78. The highest BCUT2D eigenvalue weighted by molar-refractivity contribution is 14.0. The number of nitrogens with two attached hydrogens (primary N) is 1. The number of aryl methyl sites for hydroxylation is 2. The summed E-state index contributed by atoms with van der Waals surface area (Å²) in [7, 11) is 1.66. The molecule has 108 valence electrons. The van der Waals surface area contributed by atoms with E-state index in [1.807, 2.05) is 12.3 Å². The van der Waals surface area contributed by atoms with Crippen LogP contribution in [0.2, 0.25) is 0 Å². The minimum atomic E-state index is 0. The Balaban J connectivity index is 0.00000200. The largest absolute Gasteiger partial charge is 0.370 e. The Labute approximate surface area is 136 Å². The molecule has 0 saturated carbocycles. The number of imidazole rings is 1. The number of nitrogens with zero attached hydrogens (tertiary/aromatic N) is 3. The van der Waals surface area contributed by atoms with Gasteiger partial charge < -0.3 is 15.6 Å². The Morgan fingerprint density at radius 2 is 2.10 bits per heavy atom. The van der Waals surface area contributed by atoms with Gasteiger partial charge >= 0.3 is 0 Å². The third-order valence-electron chi connectivity index (χ3n) is 2.95. The number of rotatable bonds is 5. The van der Waals surface area contributed by atoms with E-state index in [4.69, 9.17) is 5.73 Å². The molecule has 0 aliphatic rings. The van der Waals surface area contributed by atoms with Gasteiger partial charge in [0, 0.05) is 26.0 Å². The van der Waals surface area contributed by atoms with E-state index < -0.39 is 0 Å². The van der Waals surface area contributed by atoms with Crippen LogP contribution in [0.4, 0.5) is 0 Å². The summed E-state index contributed by atoms with van der Waals surface area (Å²) in [6.07, 6.45) is 4.78. The average Bonchev–Trinajstić information content (AvgIpc) is 2.91. The van der Waals surface area contributed by atoms with Gasteiger partial charge in [0.05, 0.1) is 6.54 Å². The van der Waals surface area contributed by atoms with Crippen LogP contribution >= 0.6 is 24.0 Å². The van der Waals surface area contributed by atoms with Gasteiger partial charge in [-0.15, -0.1) is 24.0 Å². The zero-order chi connectivity index (χ0) is 13.5. The summed E-state index contributed by atoms with van der Waals surface area (Å²) >= 11 is 0. The normalized spacial score (nSPS) is 10.9. The number of halogens is 1. The summed E-state index contributed by atoms with van der Waals surface area (Å²) in [5.74, 6) is 1.39. The highest BCUT2D eigenvalue weighted by Crippen LogP contribution is 2.04. The zero-order valence-corrected chi connectivity index (χ0v) is 13.8. The molecule has 0 fully saturated rings. The molecule has 2 aromatic rings. The Morgan fingerprint density at radius 1 is 1.35 bits per heavy atom. The summed E-state index contributed by atoms with van der Waals surface area (Å²) in [4.78, 5) is 8.18. The topological polar surface area (TPSA) is 68.2 Å². The molecule has 0 unspecified atom stereocenters. The van der Waals surface area contributed by atoms with Gasteiger partial charge in [0.2, 0.25) is 0 Å². The molecule has 0 saturated heterocycles. The third-order valence-corrected chi connectivity index (χ3v) is 2.95. The number of aromatic nitrogens is 2. The first-order chi connectivity index (χ1) is 9.29. The maximum atomic E-state index is 5.61. The molecule has 20 heavy (non-hydrogen) atoms. The van der Waals surface area contributed by atoms with Gasteiger partial charge in [0.1, 0.15) is 5.82 Å². The lowest BCUT2D eigenvalue weighted by Crippen LogP contribution is -2.31. The maximum absolute atomic E-state index is 5.61. The first kappa shape index (κ1) is 16.5. The van der Waals surface area contributed by atoms with Crippen molar-refractivity contribution in [2.24, 2.45) is 10.7 Å². The van der Waals surface area contributed by atoms with Crippen LogP contribution < -0.4 is 11.1 Å². The Kier molecular flexibility index (Phi) is 7.06. The van der Waals surface area contributed by atoms with Crippen molar-refractivity contribution < 1.29 is 0 Å². The molecule has 0 amide bonds. The molecular weight excluding hydrogens is 365 g/mol. The van der Waals surface area contributed by atoms with E-state index in [-0.39, 0.29) is 24.0 Å². The Morgan fingerprint density at radius 3 is 2.80 bits per heavy atom. The van der Waals surface area contributed by atoms with Crippen LogP contribution in [-0.2, 0) is 19.5 Å². The summed E-state index contributed by atoms with van der Waals surface area (Å²) in [5.41, 5.74) is 6.93. The van der Waals surface area contributed by atoms with Gasteiger partial charge in [-0.1, -0.05) is 30.3 Å². The molecule has 0 aliphatic heterocycles. The molecule has 0 radical (unpaired) electrons. The van der Waals surface area contributed by atoms with Crippen LogP contribution in [-0.4, -0.2) is 22.6 Å². The molecular formula is C14H20IN5. The highest BCUT2D eigenvalue weighted by atomic mass is 127. The van der Waals surface area contributed by atoms with Crippen LogP contribution in [0.5, 0.6) is 0 Å². The molecule has 2 rings (SSSR count). The average molecular weight is 385 g/mol. The standard InChI is InChI=1S/C14H19N5.HI/c1-16-14(15)18-11-13-17-8-10-19(13)9-7-12-5-3-2-4-6-12;/h2-6,8,10H,7,9,11H2,1H3,(H3,15,16,18);1H. The molecule has 0 bridgehead atoms. The van der Waals surface area contributed by atoms with E-state index in [1.165, 1.54) is 5.56 Å². The van der Waals surface area contributed by atoms with E-state index in [2.05, 4.69) is 44.1 Å². The van der Waals surface area contributed by atoms with E-state index in [0.717, 1.165) is 18.8 Å². The fourth-order valence-electron chi connectivity index (χ4n) is 1.85. The smallest absolute Gasteiger partial charge is 0.188 e. The molecule has 1 aromatic heterocycles. The lowest BCUT2D eigenvalue weighted by atomic mass is 10.1.